The van der Waals surface area contributed by atoms with Gasteiger partial charge >= 0.3 is 0 Å². The van der Waals surface area contributed by atoms with Crippen molar-refractivity contribution in [3.63, 3.8) is 0 Å². The monoisotopic (exact) mass is 450 g/mol. The molecule has 6 heteroatoms. The zero-order valence-corrected chi connectivity index (χ0v) is 18.4. The van der Waals surface area contributed by atoms with Crippen molar-refractivity contribution < 1.29 is 21.7 Å². The van der Waals surface area contributed by atoms with Crippen molar-refractivity contribution >= 4 is 15.7 Å². The first-order chi connectivity index (χ1) is 15.3. The molecular weight excluding hydrogens is 427 g/mol. The summed E-state index contributed by atoms with van der Waals surface area (Å²) in [4.78, 5) is 0.115. The normalized spacial score (nSPS) is 22.1. The van der Waals surface area contributed by atoms with Gasteiger partial charge in [0.05, 0.1) is 23.7 Å². The first-order valence-electron chi connectivity index (χ1n) is 10.5. The van der Waals surface area contributed by atoms with Crippen LogP contribution in [-0.4, -0.2) is 21.1 Å². The maximum atomic E-state index is 14.2. The average Bonchev–Trinajstić information content (AvgIpc) is 3.18. The van der Waals surface area contributed by atoms with Crippen LogP contribution >= 0.6 is 0 Å². The topological polar surface area (TPSA) is 52.6 Å². The van der Waals surface area contributed by atoms with Gasteiger partial charge in [-0.15, -0.1) is 0 Å². The molecule has 5 rings (SSSR count). The van der Waals surface area contributed by atoms with Crippen LogP contribution in [0.2, 0.25) is 0 Å². The van der Waals surface area contributed by atoms with Crippen LogP contribution in [0.1, 0.15) is 46.3 Å². The molecule has 3 atom stereocenters. The molecule has 1 aliphatic heterocycles. The zero-order chi connectivity index (χ0) is 22.5. The molecule has 0 saturated carbocycles. The van der Waals surface area contributed by atoms with Gasteiger partial charge in [0.15, 0.2) is 0 Å². The summed E-state index contributed by atoms with van der Waals surface area (Å²) in [5.74, 6) is -0.395. The molecule has 0 spiro atoms. The Morgan fingerprint density at radius 3 is 2.53 bits per heavy atom. The van der Waals surface area contributed by atoms with Crippen molar-refractivity contribution in [1.29, 1.82) is 0 Å². The van der Waals surface area contributed by atoms with Crippen LogP contribution in [0.4, 0.5) is 4.39 Å². The summed E-state index contributed by atoms with van der Waals surface area (Å²) in [6.45, 7) is 6.05. The second-order valence-corrected chi connectivity index (χ2v) is 9.99. The van der Waals surface area contributed by atoms with E-state index in [4.69, 9.17) is 8.92 Å². The molecule has 32 heavy (non-hydrogen) atoms. The minimum Gasteiger partial charge on any atom is -0.367 e. The lowest BCUT2D eigenvalue weighted by Crippen LogP contribution is -2.19. The molecular formula is C26H23FO4S. The summed E-state index contributed by atoms with van der Waals surface area (Å²) in [6, 6.07) is 19.2. The van der Waals surface area contributed by atoms with Gasteiger partial charge < -0.3 is 4.74 Å². The van der Waals surface area contributed by atoms with Gasteiger partial charge in [-0.1, -0.05) is 54.6 Å². The highest BCUT2D eigenvalue weighted by molar-refractivity contribution is 7.86. The molecule has 3 aromatic carbocycles. The number of ether oxygens (including phenoxy) is 1. The number of hydrogen-bond acceptors (Lipinski definition) is 4. The second kappa shape index (κ2) is 7.96. The number of fused-ring (bicyclic) bond motifs is 5. The summed E-state index contributed by atoms with van der Waals surface area (Å²) in [5.41, 5.74) is 5.46. The molecule has 0 aromatic heterocycles. The summed E-state index contributed by atoms with van der Waals surface area (Å²) in [7, 11) is -3.90. The van der Waals surface area contributed by atoms with E-state index in [-0.39, 0.29) is 23.2 Å². The SMILES string of the molecule is C=C1c2ccccc2[C@H]2C[C@H](COS(=O)(=O)c3ccc(C)cc3)O[C@@H]2c2cc(F)ccc21. The second-order valence-electron chi connectivity index (χ2n) is 8.37. The Bertz CT molecular complexity index is 1300. The Morgan fingerprint density at radius 2 is 1.75 bits per heavy atom. The summed E-state index contributed by atoms with van der Waals surface area (Å²) < 4.78 is 51.0. The first kappa shape index (κ1) is 21.1. The fourth-order valence-corrected chi connectivity index (χ4v) is 5.61. The van der Waals surface area contributed by atoms with E-state index in [0.717, 1.165) is 33.4 Å². The molecule has 0 unspecified atom stereocenters. The van der Waals surface area contributed by atoms with Gasteiger partial charge in [0.2, 0.25) is 0 Å². The van der Waals surface area contributed by atoms with Gasteiger partial charge in [0.25, 0.3) is 10.1 Å². The lowest BCUT2D eigenvalue weighted by Gasteiger charge is -2.19. The fraction of sp³-hybridized carbons (Fsp3) is 0.231. The van der Waals surface area contributed by atoms with Gasteiger partial charge in [-0.3, -0.25) is 4.18 Å². The summed E-state index contributed by atoms with van der Waals surface area (Å²) in [5, 5.41) is 0. The fourth-order valence-electron chi connectivity index (χ4n) is 4.67. The van der Waals surface area contributed by atoms with E-state index < -0.39 is 22.3 Å². The van der Waals surface area contributed by atoms with Gasteiger partial charge in [-0.05, 0) is 65.4 Å². The number of halogens is 1. The van der Waals surface area contributed by atoms with Gasteiger partial charge in [-0.2, -0.15) is 8.42 Å². The van der Waals surface area contributed by atoms with Gasteiger partial charge in [0.1, 0.15) is 5.82 Å². The summed E-state index contributed by atoms with van der Waals surface area (Å²) >= 11 is 0. The first-order valence-corrected chi connectivity index (χ1v) is 11.9. The number of rotatable bonds is 4. The third-order valence-corrected chi connectivity index (χ3v) is 7.57. The van der Waals surface area contributed by atoms with Gasteiger partial charge in [0, 0.05) is 5.92 Å². The predicted molar refractivity (Wildman–Crippen MR) is 120 cm³/mol. The summed E-state index contributed by atoms with van der Waals surface area (Å²) in [6.07, 6.45) is -0.286. The Labute approximate surface area is 187 Å². The number of aryl methyl sites for hydroxylation is 1. The zero-order valence-electron chi connectivity index (χ0n) is 17.6. The van der Waals surface area contributed by atoms with Crippen molar-refractivity contribution in [2.24, 2.45) is 0 Å². The Morgan fingerprint density at radius 1 is 1.03 bits per heavy atom. The van der Waals surface area contributed by atoms with Crippen LogP contribution in [0.25, 0.3) is 5.57 Å². The van der Waals surface area contributed by atoms with Crippen LogP contribution < -0.4 is 0 Å². The van der Waals surface area contributed by atoms with Crippen molar-refractivity contribution in [1.82, 2.24) is 0 Å². The van der Waals surface area contributed by atoms with Crippen LogP contribution in [0, 0.1) is 12.7 Å². The van der Waals surface area contributed by atoms with E-state index >= 15 is 0 Å². The van der Waals surface area contributed by atoms with E-state index in [2.05, 4.69) is 6.58 Å². The smallest absolute Gasteiger partial charge is 0.297 e. The van der Waals surface area contributed by atoms with E-state index in [9.17, 15) is 12.8 Å². The quantitative estimate of drug-likeness (QED) is 0.491. The molecule has 1 aliphatic carbocycles. The Hall–Kier alpha value is -2.80. The Balaban J connectivity index is 1.44. The van der Waals surface area contributed by atoms with Crippen LogP contribution in [0.3, 0.4) is 0 Å². The maximum absolute atomic E-state index is 14.2. The molecule has 0 bridgehead atoms. The maximum Gasteiger partial charge on any atom is 0.297 e. The largest absolute Gasteiger partial charge is 0.367 e. The molecule has 4 nitrogen and oxygen atoms in total. The van der Waals surface area contributed by atoms with Crippen molar-refractivity contribution in [2.45, 2.75) is 36.4 Å². The highest BCUT2D eigenvalue weighted by Gasteiger charge is 2.42. The lowest BCUT2D eigenvalue weighted by molar-refractivity contribution is 0.0157. The minimum absolute atomic E-state index is 0.0540. The van der Waals surface area contributed by atoms with E-state index in [0.29, 0.717) is 6.42 Å². The van der Waals surface area contributed by atoms with Crippen molar-refractivity contribution in [3.05, 3.63) is 107 Å². The van der Waals surface area contributed by atoms with E-state index in [1.807, 2.05) is 31.2 Å². The number of benzene rings is 3. The third-order valence-electron chi connectivity index (χ3n) is 6.27. The molecule has 1 saturated heterocycles. The van der Waals surface area contributed by atoms with Crippen molar-refractivity contribution in [2.75, 3.05) is 6.61 Å². The molecule has 0 N–H and O–H groups in total. The van der Waals surface area contributed by atoms with Crippen LogP contribution in [0.15, 0.2) is 78.2 Å². The molecule has 2 aliphatic rings. The van der Waals surface area contributed by atoms with Crippen LogP contribution in [0.5, 0.6) is 0 Å². The molecule has 0 amide bonds. The molecule has 164 valence electrons. The standard InChI is InChI=1S/C26H23FO4S/c1-16-7-10-20(11-8-16)32(28,29)30-15-19-14-25-23-6-4-3-5-21(23)17(2)22-12-9-18(27)13-24(22)26(25)31-19/h3-13,19,25-26H,2,14-15H2,1H3/t19-,25-,26-/m1/s1. The molecule has 3 aromatic rings. The minimum atomic E-state index is -3.90. The number of hydrogen-bond donors (Lipinski definition) is 0. The van der Waals surface area contributed by atoms with Gasteiger partial charge in [-0.25, -0.2) is 4.39 Å². The predicted octanol–water partition coefficient (Wildman–Crippen LogP) is 5.53. The molecule has 1 fully saturated rings. The average molecular weight is 451 g/mol. The van der Waals surface area contributed by atoms with Crippen molar-refractivity contribution in [3.8, 4) is 0 Å². The highest BCUT2D eigenvalue weighted by atomic mass is 32.2. The molecule has 0 radical (unpaired) electrons. The van der Waals surface area contributed by atoms with Crippen LogP contribution in [-0.2, 0) is 19.0 Å². The molecule has 1 heterocycles. The van der Waals surface area contributed by atoms with E-state index in [1.54, 1.807) is 18.2 Å². The lowest BCUT2D eigenvalue weighted by atomic mass is 9.87. The Kier molecular flexibility index (Phi) is 5.24. The third kappa shape index (κ3) is 3.68. The van der Waals surface area contributed by atoms with E-state index in [1.165, 1.54) is 24.3 Å². The highest BCUT2D eigenvalue weighted by Crippen LogP contribution is 2.51.